The first-order chi connectivity index (χ1) is 10.6. The fourth-order valence-corrected chi connectivity index (χ4v) is 2.81. The molecule has 0 fully saturated rings. The minimum atomic E-state index is -0.182. The van der Waals surface area contributed by atoms with Crippen LogP contribution in [0.2, 0.25) is 10.0 Å². The van der Waals surface area contributed by atoms with E-state index in [1.807, 2.05) is 49.4 Å². The van der Waals surface area contributed by atoms with Gasteiger partial charge in [0.2, 0.25) is 0 Å². The van der Waals surface area contributed by atoms with Gasteiger partial charge in [-0.05, 0) is 42.1 Å². The number of halogens is 2. The molecule has 3 aromatic rings. The van der Waals surface area contributed by atoms with E-state index in [4.69, 9.17) is 23.2 Å². The summed E-state index contributed by atoms with van der Waals surface area (Å²) in [6.07, 6.45) is 0. The Morgan fingerprint density at radius 1 is 0.864 bits per heavy atom. The molecule has 0 bridgehead atoms. The molecule has 0 heterocycles. The Hall–Kier alpha value is -2.03. The van der Waals surface area contributed by atoms with E-state index < -0.39 is 0 Å². The van der Waals surface area contributed by atoms with E-state index in [2.05, 4.69) is 5.32 Å². The molecule has 0 spiro atoms. The third-order valence-corrected chi connectivity index (χ3v) is 4.37. The zero-order valence-corrected chi connectivity index (χ0v) is 13.4. The number of hydrogen-bond donors (Lipinski definition) is 1. The van der Waals surface area contributed by atoms with Gasteiger partial charge in [-0.2, -0.15) is 0 Å². The van der Waals surface area contributed by atoms with Crippen molar-refractivity contribution in [2.24, 2.45) is 0 Å². The van der Waals surface area contributed by atoms with Gasteiger partial charge in [-0.3, -0.25) is 4.79 Å². The number of nitrogens with one attached hydrogen (secondary N) is 1. The summed E-state index contributed by atoms with van der Waals surface area (Å²) in [6.45, 7) is 1.87. The summed E-state index contributed by atoms with van der Waals surface area (Å²) >= 11 is 12.3. The molecular weight excluding hydrogens is 317 g/mol. The van der Waals surface area contributed by atoms with Crippen LogP contribution in [0.3, 0.4) is 0 Å². The molecule has 3 rings (SSSR count). The summed E-state index contributed by atoms with van der Waals surface area (Å²) in [5, 5.41) is 5.85. The Bertz CT molecular complexity index is 874. The van der Waals surface area contributed by atoms with Crippen LogP contribution in [-0.2, 0) is 0 Å². The van der Waals surface area contributed by atoms with Gasteiger partial charge in [-0.1, -0.05) is 53.5 Å². The standard InChI is InChI=1S/C18H13Cl2NO/c1-11-15(19)8-4-10-17(11)21-18(22)14-7-2-6-13-12(14)5-3-9-16(13)20/h2-10H,1H3,(H,21,22). The number of anilines is 1. The average molecular weight is 330 g/mol. The van der Waals surface area contributed by atoms with Crippen molar-refractivity contribution in [3.8, 4) is 0 Å². The number of amides is 1. The quantitative estimate of drug-likeness (QED) is 0.641. The molecular formula is C18H13Cl2NO. The Kier molecular flexibility index (Phi) is 4.06. The van der Waals surface area contributed by atoms with Crippen LogP contribution in [0, 0.1) is 6.92 Å². The summed E-state index contributed by atoms with van der Waals surface area (Å²) in [6, 6.07) is 16.5. The van der Waals surface area contributed by atoms with Gasteiger partial charge in [0.25, 0.3) is 5.91 Å². The lowest BCUT2D eigenvalue weighted by Crippen LogP contribution is -2.13. The van der Waals surface area contributed by atoms with E-state index in [9.17, 15) is 4.79 Å². The number of rotatable bonds is 2. The molecule has 0 atom stereocenters. The summed E-state index contributed by atoms with van der Waals surface area (Å²) < 4.78 is 0. The van der Waals surface area contributed by atoms with Crippen molar-refractivity contribution < 1.29 is 4.79 Å². The van der Waals surface area contributed by atoms with Crippen LogP contribution in [0.25, 0.3) is 10.8 Å². The first kappa shape index (κ1) is 14.9. The fraction of sp³-hybridized carbons (Fsp3) is 0.0556. The Morgan fingerprint density at radius 3 is 2.32 bits per heavy atom. The van der Waals surface area contributed by atoms with Crippen LogP contribution in [0.15, 0.2) is 54.6 Å². The average Bonchev–Trinajstić information content (AvgIpc) is 2.52. The smallest absolute Gasteiger partial charge is 0.256 e. The molecule has 110 valence electrons. The number of carbonyl (C=O) groups excluding carboxylic acids is 1. The zero-order valence-electron chi connectivity index (χ0n) is 11.9. The normalized spacial score (nSPS) is 10.7. The van der Waals surface area contributed by atoms with Crippen molar-refractivity contribution in [3.63, 3.8) is 0 Å². The summed E-state index contributed by atoms with van der Waals surface area (Å²) in [4.78, 5) is 12.6. The lowest BCUT2D eigenvalue weighted by atomic mass is 10.0. The highest BCUT2D eigenvalue weighted by atomic mass is 35.5. The molecule has 22 heavy (non-hydrogen) atoms. The Balaban J connectivity index is 2.03. The molecule has 0 aliphatic rings. The van der Waals surface area contributed by atoms with Crippen molar-refractivity contribution >= 4 is 45.6 Å². The highest BCUT2D eigenvalue weighted by Gasteiger charge is 2.13. The summed E-state index contributed by atoms with van der Waals surface area (Å²) in [5.74, 6) is -0.182. The fourth-order valence-electron chi connectivity index (χ4n) is 2.40. The highest BCUT2D eigenvalue weighted by molar-refractivity contribution is 6.36. The maximum absolute atomic E-state index is 12.6. The monoisotopic (exact) mass is 329 g/mol. The minimum Gasteiger partial charge on any atom is -0.322 e. The zero-order chi connectivity index (χ0) is 15.7. The molecule has 2 nitrogen and oxygen atoms in total. The maximum Gasteiger partial charge on any atom is 0.256 e. The van der Waals surface area contributed by atoms with Crippen molar-refractivity contribution in [2.75, 3.05) is 5.32 Å². The molecule has 1 amide bonds. The molecule has 0 radical (unpaired) electrons. The number of carbonyl (C=O) groups is 1. The van der Waals surface area contributed by atoms with Crippen molar-refractivity contribution in [1.29, 1.82) is 0 Å². The van der Waals surface area contributed by atoms with Crippen LogP contribution < -0.4 is 5.32 Å². The summed E-state index contributed by atoms with van der Waals surface area (Å²) in [7, 11) is 0. The van der Waals surface area contributed by atoms with Gasteiger partial charge in [-0.15, -0.1) is 0 Å². The second-order valence-corrected chi connectivity index (χ2v) is 5.82. The van der Waals surface area contributed by atoms with Crippen LogP contribution in [0.4, 0.5) is 5.69 Å². The van der Waals surface area contributed by atoms with Gasteiger partial charge in [0.15, 0.2) is 0 Å². The molecule has 3 aromatic carbocycles. The lowest BCUT2D eigenvalue weighted by Gasteiger charge is -2.11. The highest BCUT2D eigenvalue weighted by Crippen LogP contribution is 2.28. The van der Waals surface area contributed by atoms with Gasteiger partial charge < -0.3 is 5.32 Å². The first-order valence-corrected chi connectivity index (χ1v) is 7.57. The third-order valence-electron chi connectivity index (χ3n) is 3.63. The predicted molar refractivity (Wildman–Crippen MR) is 93.1 cm³/mol. The van der Waals surface area contributed by atoms with Crippen molar-refractivity contribution in [2.45, 2.75) is 6.92 Å². The van der Waals surface area contributed by atoms with Gasteiger partial charge in [-0.25, -0.2) is 0 Å². The van der Waals surface area contributed by atoms with Crippen molar-refractivity contribution in [3.05, 3.63) is 75.8 Å². The van der Waals surface area contributed by atoms with E-state index in [0.29, 0.717) is 21.3 Å². The van der Waals surface area contributed by atoms with Crippen molar-refractivity contribution in [1.82, 2.24) is 0 Å². The SMILES string of the molecule is Cc1c(Cl)cccc1NC(=O)c1cccc2c(Cl)cccc12. The molecule has 0 aliphatic heterocycles. The number of fused-ring (bicyclic) bond motifs is 1. The number of benzene rings is 3. The van der Waals surface area contributed by atoms with Gasteiger partial charge in [0.1, 0.15) is 0 Å². The molecule has 0 aromatic heterocycles. The predicted octanol–water partition coefficient (Wildman–Crippen LogP) is 5.71. The van der Waals surface area contributed by atoms with E-state index in [1.165, 1.54) is 0 Å². The second-order valence-electron chi connectivity index (χ2n) is 5.01. The van der Waals surface area contributed by atoms with Gasteiger partial charge in [0, 0.05) is 26.7 Å². The van der Waals surface area contributed by atoms with E-state index >= 15 is 0 Å². The molecule has 0 saturated carbocycles. The van der Waals surface area contributed by atoms with Gasteiger partial charge in [0.05, 0.1) is 0 Å². The molecule has 0 unspecified atom stereocenters. The Morgan fingerprint density at radius 2 is 1.50 bits per heavy atom. The second kappa shape index (κ2) is 5.99. The molecule has 4 heteroatoms. The van der Waals surface area contributed by atoms with Crippen LogP contribution in [0.5, 0.6) is 0 Å². The third kappa shape index (κ3) is 2.68. The van der Waals surface area contributed by atoms with Crippen LogP contribution >= 0.6 is 23.2 Å². The van der Waals surface area contributed by atoms with E-state index in [0.717, 1.165) is 16.3 Å². The number of hydrogen-bond acceptors (Lipinski definition) is 1. The molecule has 0 aliphatic carbocycles. The van der Waals surface area contributed by atoms with Crippen LogP contribution in [-0.4, -0.2) is 5.91 Å². The summed E-state index contributed by atoms with van der Waals surface area (Å²) in [5.41, 5.74) is 2.13. The van der Waals surface area contributed by atoms with Crippen LogP contribution in [0.1, 0.15) is 15.9 Å². The Labute approximate surface area is 138 Å². The molecule has 1 N–H and O–H groups in total. The molecule has 0 saturated heterocycles. The lowest BCUT2D eigenvalue weighted by molar-refractivity contribution is 0.102. The van der Waals surface area contributed by atoms with Gasteiger partial charge >= 0.3 is 0 Å². The topological polar surface area (TPSA) is 29.1 Å². The van der Waals surface area contributed by atoms with E-state index in [1.54, 1.807) is 12.1 Å². The largest absolute Gasteiger partial charge is 0.322 e. The maximum atomic E-state index is 12.6. The minimum absolute atomic E-state index is 0.182. The van der Waals surface area contributed by atoms with E-state index in [-0.39, 0.29) is 5.91 Å². The first-order valence-electron chi connectivity index (χ1n) is 6.81.